The molecular formula is C10H11N5O3S. The van der Waals surface area contributed by atoms with E-state index in [0.29, 0.717) is 18.2 Å². The molecule has 4 N–H and O–H groups in total. The molecule has 0 atom stereocenters. The number of carbonyl (C=O) groups is 2. The first-order valence-corrected chi connectivity index (χ1v) is 6.18. The molecule has 0 unspecified atom stereocenters. The van der Waals surface area contributed by atoms with Crippen LogP contribution in [0.1, 0.15) is 21.0 Å². The van der Waals surface area contributed by atoms with Crippen molar-refractivity contribution in [2.45, 2.75) is 6.54 Å². The van der Waals surface area contributed by atoms with Gasteiger partial charge in [0.15, 0.2) is 10.8 Å². The zero-order chi connectivity index (χ0) is 13.8. The standard InChI is InChI=1S/C10H11N5O3S/c11-10-14-7(4-19-10)8(16)12-1-2-15-3-6(9(17)18)13-5-15/h3-5H,1-2H2,(H2,11,14)(H,12,16)(H,17,18). The Balaban J connectivity index is 1.83. The summed E-state index contributed by atoms with van der Waals surface area (Å²) < 4.78 is 1.58. The van der Waals surface area contributed by atoms with Crippen molar-refractivity contribution in [2.75, 3.05) is 12.3 Å². The molecule has 0 saturated heterocycles. The van der Waals surface area contributed by atoms with E-state index in [0.717, 1.165) is 0 Å². The van der Waals surface area contributed by atoms with Gasteiger partial charge in [-0.05, 0) is 0 Å². The highest BCUT2D eigenvalue weighted by Gasteiger charge is 2.09. The number of hydrogen-bond donors (Lipinski definition) is 3. The molecule has 0 aliphatic heterocycles. The third-order valence-electron chi connectivity index (χ3n) is 2.26. The van der Waals surface area contributed by atoms with E-state index in [2.05, 4.69) is 15.3 Å². The van der Waals surface area contributed by atoms with Crippen LogP contribution in [0.15, 0.2) is 17.9 Å². The van der Waals surface area contributed by atoms with Gasteiger partial charge >= 0.3 is 5.97 Å². The largest absolute Gasteiger partial charge is 0.476 e. The van der Waals surface area contributed by atoms with Crippen molar-refractivity contribution in [1.29, 1.82) is 0 Å². The predicted octanol–water partition coefficient (Wildman–Crippen LogP) is 0.0500. The molecule has 9 heteroatoms. The SMILES string of the molecule is Nc1nc(C(=O)NCCn2cnc(C(=O)O)c2)cs1. The Kier molecular flexibility index (Phi) is 3.76. The summed E-state index contributed by atoms with van der Waals surface area (Å²) >= 11 is 1.19. The van der Waals surface area contributed by atoms with Gasteiger partial charge in [-0.25, -0.2) is 14.8 Å². The number of aromatic nitrogens is 3. The maximum absolute atomic E-state index is 11.6. The third-order valence-corrected chi connectivity index (χ3v) is 2.94. The van der Waals surface area contributed by atoms with E-state index in [1.807, 2.05) is 0 Å². The number of imidazole rings is 1. The maximum atomic E-state index is 11.6. The van der Waals surface area contributed by atoms with Crippen molar-refractivity contribution in [1.82, 2.24) is 19.9 Å². The number of nitrogen functional groups attached to an aromatic ring is 1. The van der Waals surface area contributed by atoms with Crippen molar-refractivity contribution in [3.63, 3.8) is 0 Å². The van der Waals surface area contributed by atoms with Crippen LogP contribution in [0, 0.1) is 0 Å². The highest BCUT2D eigenvalue weighted by atomic mass is 32.1. The Morgan fingerprint density at radius 3 is 2.84 bits per heavy atom. The molecule has 1 amide bonds. The lowest BCUT2D eigenvalue weighted by molar-refractivity contribution is 0.0690. The first-order chi connectivity index (χ1) is 9.06. The number of thiazole rings is 1. The van der Waals surface area contributed by atoms with E-state index < -0.39 is 5.97 Å². The number of aromatic carboxylic acids is 1. The van der Waals surface area contributed by atoms with Gasteiger partial charge in [0.25, 0.3) is 5.91 Å². The molecule has 0 radical (unpaired) electrons. The lowest BCUT2D eigenvalue weighted by Crippen LogP contribution is -2.27. The van der Waals surface area contributed by atoms with E-state index in [1.54, 1.807) is 9.95 Å². The van der Waals surface area contributed by atoms with Crippen molar-refractivity contribution in [3.05, 3.63) is 29.3 Å². The average molecular weight is 281 g/mol. The molecule has 0 aliphatic rings. The highest BCUT2D eigenvalue weighted by Crippen LogP contribution is 2.10. The molecule has 0 spiro atoms. The molecule has 0 saturated carbocycles. The van der Waals surface area contributed by atoms with Gasteiger partial charge in [-0.3, -0.25) is 4.79 Å². The summed E-state index contributed by atoms with van der Waals surface area (Å²) in [4.78, 5) is 29.8. The van der Waals surface area contributed by atoms with E-state index in [9.17, 15) is 9.59 Å². The molecule has 2 heterocycles. The fourth-order valence-corrected chi connectivity index (χ4v) is 1.92. The average Bonchev–Trinajstić information content (AvgIpc) is 2.98. The Morgan fingerprint density at radius 2 is 2.26 bits per heavy atom. The van der Waals surface area contributed by atoms with Crippen LogP contribution in [0.3, 0.4) is 0 Å². The van der Waals surface area contributed by atoms with Crippen molar-refractivity contribution >= 4 is 28.3 Å². The third kappa shape index (κ3) is 3.28. The van der Waals surface area contributed by atoms with Crippen LogP contribution in [0.5, 0.6) is 0 Å². The minimum Gasteiger partial charge on any atom is -0.476 e. The fourth-order valence-electron chi connectivity index (χ4n) is 1.37. The Hall–Kier alpha value is -2.42. The number of rotatable bonds is 5. The van der Waals surface area contributed by atoms with Crippen LogP contribution >= 0.6 is 11.3 Å². The van der Waals surface area contributed by atoms with Gasteiger partial charge in [-0.2, -0.15) is 0 Å². The molecule has 2 rings (SSSR count). The second-order valence-electron chi connectivity index (χ2n) is 3.63. The molecule has 2 aromatic rings. The predicted molar refractivity (Wildman–Crippen MR) is 68.0 cm³/mol. The second kappa shape index (κ2) is 5.48. The van der Waals surface area contributed by atoms with Gasteiger partial charge in [-0.1, -0.05) is 0 Å². The number of amides is 1. The highest BCUT2D eigenvalue weighted by molar-refractivity contribution is 7.13. The van der Waals surface area contributed by atoms with Crippen molar-refractivity contribution in [3.8, 4) is 0 Å². The zero-order valence-electron chi connectivity index (χ0n) is 9.74. The Labute approximate surface area is 111 Å². The summed E-state index contributed by atoms with van der Waals surface area (Å²) in [5.74, 6) is -1.40. The molecule has 100 valence electrons. The minimum atomic E-state index is -1.08. The van der Waals surface area contributed by atoms with Gasteiger partial charge in [0, 0.05) is 24.7 Å². The Morgan fingerprint density at radius 1 is 1.47 bits per heavy atom. The minimum absolute atomic E-state index is 0.0291. The molecule has 0 aliphatic carbocycles. The first-order valence-electron chi connectivity index (χ1n) is 5.30. The van der Waals surface area contributed by atoms with Crippen molar-refractivity contribution in [2.24, 2.45) is 0 Å². The zero-order valence-corrected chi connectivity index (χ0v) is 10.6. The molecule has 0 fully saturated rings. The maximum Gasteiger partial charge on any atom is 0.356 e. The van der Waals surface area contributed by atoms with Crippen LogP contribution < -0.4 is 11.1 Å². The number of nitrogens with two attached hydrogens (primary N) is 1. The number of anilines is 1. The van der Waals surface area contributed by atoms with Crippen LogP contribution in [-0.2, 0) is 6.54 Å². The summed E-state index contributed by atoms with van der Waals surface area (Å²) in [6.45, 7) is 0.761. The quantitative estimate of drug-likeness (QED) is 0.711. The van der Waals surface area contributed by atoms with Gasteiger partial charge in [0.1, 0.15) is 5.69 Å². The molecule has 0 aromatic carbocycles. The number of carbonyl (C=O) groups excluding carboxylic acids is 1. The van der Waals surface area contributed by atoms with Crippen LogP contribution in [0.4, 0.5) is 5.13 Å². The van der Waals surface area contributed by atoms with Gasteiger partial charge in [-0.15, -0.1) is 11.3 Å². The normalized spacial score (nSPS) is 10.3. The lowest BCUT2D eigenvalue weighted by atomic mass is 10.4. The van der Waals surface area contributed by atoms with E-state index >= 15 is 0 Å². The summed E-state index contributed by atoms with van der Waals surface area (Å²) in [6.07, 6.45) is 2.80. The molecular weight excluding hydrogens is 270 g/mol. The van der Waals surface area contributed by atoms with E-state index in [4.69, 9.17) is 10.8 Å². The van der Waals surface area contributed by atoms with Gasteiger partial charge < -0.3 is 20.7 Å². The Bertz CT molecular complexity index is 606. The van der Waals surface area contributed by atoms with Gasteiger partial charge in [0.05, 0.1) is 6.33 Å². The molecule has 19 heavy (non-hydrogen) atoms. The number of hydrogen-bond acceptors (Lipinski definition) is 6. The number of carboxylic acids is 1. The summed E-state index contributed by atoms with van der Waals surface area (Å²) in [7, 11) is 0. The topological polar surface area (TPSA) is 123 Å². The summed E-state index contributed by atoms with van der Waals surface area (Å²) in [5.41, 5.74) is 5.67. The summed E-state index contributed by atoms with van der Waals surface area (Å²) in [6, 6.07) is 0. The molecule has 0 bridgehead atoms. The van der Waals surface area contributed by atoms with Crippen LogP contribution in [-0.4, -0.2) is 38.1 Å². The second-order valence-corrected chi connectivity index (χ2v) is 4.52. The summed E-state index contributed by atoms with van der Waals surface area (Å²) in [5, 5.41) is 13.3. The van der Waals surface area contributed by atoms with E-state index in [-0.39, 0.29) is 17.3 Å². The van der Waals surface area contributed by atoms with Crippen LogP contribution in [0.25, 0.3) is 0 Å². The lowest BCUT2D eigenvalue weighted by Gasteiger charge is -2.03. The number of nitrogens with zero attached hydrogens (tertiary/aromatic N) is 3. The number of carboxylic acid groups (broad SMARTS) is 1. The van der Waals surface area contributed by atoms with Gasteiger partial charge in [0.2, 0.25) is 0 Å². The smallest absolute Gasteiger partial charge is 0.356 e. The fraction of sp³-hybridized carbons (Fsp3) is 0.200. The number of nitrogens with one attached hydrogen (secondary N) is 1. The van der Waals surface area contributed by atoms with E-state index in [1.165, 1.54) is 23.9 Å². The molecule has 2 aromatic heterocycles. The first kappa shape index (κ1) is 13.0. The molecule has 8 nitrogen and oxygen atoms in total. The van der Waals surface area contributed by atoms with Crippen molar-refractivity contribution < 1.29 is 14.7 Å². The monoisotopic (exact) mass is 281 g/mol. The van der Waals surface area contributed by atoms with Crippen LogP contribution in [0.2, 0.25) is 0 Å².